The summed E-state index contributed by atoms with van der Waals surface area (Å²) >= 11 is 0. The highest BCUT2D eigenvalue weighted by Crippen LogP contribution is 2.23. The number of rotatable bonds is 5. The summed E-state index contributed by atoms with van der Waals surface area (Å²) in [5.74, 6) is -1.08. The monoisotopic (exact) mass is 385 g/mol. The number of anilines is 1. The summed E-state index contributed by atoms with van der Waals surface area (Å²) in [6.45, 7) is 0. The minimum Gasteiger partial charge on any atom is -0.322 e. The van der Waals surface area contributed by atoms with Crippen molar-refractivity contribution in [2.24, 2.45) is 0 Å². The first-order chi connectivity index (χ1) is 14.2. The molecule has 4 rings (SSSR count). The van der Waals surface area contributed by atoms with E-state index >= 15 is 0 Å². The molecule has 0 aliphatic heterocycles. The SMILES string of the molecule is O=C(Nc1cccc(C=Cn2cnnn2)c1)c1cc(-c2ccccc2)ccc1F. The Morgan fingerprint density at radius 3 is 2.62 bits per heavy atom. The van der Waals surface area contributed by atoms with E-state index in [9.17, 15) is 9.18 Å². The lowest BCUT2D eigenvalue weighted by Crippen LogP contribution is -2.14. The van der Waals surface area contributed by atoms with E-state index in [1.165, 1.54) is 17.1 Å². The molecule has 0 radical (unpaired) electrons. The molecule has 1 heterocycles. The molecule has 1 amide bonds. The Labute approximate surface area is 166 Å². The Hall–Kier alpha value is -4.13. The quantitative estimate of drug-likeness (QED) is 0.554. The van der Waals surface area contributed by atoms with Gasteiger partial charge >= 0.3 is 0 Å². The van der Waals surface area contributed by atoms with Gasteiger partial charge in [0.2, 0.25) is 0 Å². The van der Waals surface area contributed by atoms with E-state index in [0.29, 0.717) is 5.69 Å². The average molecular weight is 385 g/mol. The number of aromatic nitrogens is 4. The zero-order valence-corrected chi connectivity index (χ0v) is 15.2. The van der Waals surface area contributed by atoms with E-state index in [2.05, 4.69) is 20.8 Å². The molecule has 0 saturated carbocycles. The molecule has 3 aromatic carbocycles. The Kier molecular flexibility index (Phi) is 5.20. The molecule has 1 N–H and O–H groups in total. The average Bonchev–Trinajstić information content (AvgIpc) is 3.27. The topological polar surface area (TPSA) is 72.7 Å². The lowest BCUT2D eigenvalue weighted by atomic mass is 10.0. The second-order valence-electron chi connectivity index (χ2n) is 6.25. The zero-order valence-electron chi connectivity index (χ0n) is 15.2. The van der Waals surface area contributed by atoms with Gasteiger partial charge < -0.3 is 5.32 Å². The summed E-state index contributed by atoms with van der Waals surface area (Å²) in [5.41, 5.74) is 3.06. The van der Waals surface area contributed by atoms with Gasteiger partial charge in [-0.3, -0.25) is 4.79 Å². The molecule has 0 aliphatic rings. The van der Waals surface area contributed by atoms with Gasteiger partial charge in [-0.25, -0.2) is 9.07 Å². The van der Waals surface area contributed by atoms with Gasteiger partial charge in [-0.1, -0.05) is 48.5 Å². The van der Waals surface area contributed by atoms with Gasteiger partial charge in [0, 0.05) is 11.9 Å². The van der Waals surface area contributed by atoms with Crippen LogP contribution in [0.1, 0.15) is 15.9 Å². The maximum absolute atomic E-state index is 14.3. The van der Waals surface area contributed by atoms with Crippen LogP contribution in [-0.2, 0) is 0 Å². The first kappa shape index (κ1) is 18.2. The molecule has 0 bridgehead atoms. The number of nitrogens with zero attached hydrogens (tertiary/aromatic N) is 4. The third kappa shape index (κ3) is 4.41. The lowest BCUT2D eigenvalue weighted by molar-refractivity contribution is 0.102. The number of hydrogen-bond donors (Lipinski definition) is 1. The Balaban J connectivity index is 1.54. The lowest BCUT2D eigenvalue weighted by Gasteiger charge is -2.09. The second kappa shape index (κ2) is 8.26. The fraction of sp³-hybridized carbons (Fsp3) is 0. The first-order valence-corrected chi connectivity index (χ1v) is 8.86. The molecule has 0 aliphatic carbocycles. The predicted octanol–water partition coefficient (Wildman–Crippen LogP) is 4.36. The molecule has 0 unspecified atom stereocenters. The molecule has 7 heteroatoms. The van der Waals surface area contributed by atoms with E-state index < -0.39 is 11.7 Å². The maximum atomic E-state index is 14.3. The van der Waals surface area contributed by atoms with Crippen LogP contribution in [0.2, 0.25) is 0 Å². The highest BCUT2D eigenvalue weighted by atomic mass is 19.1. The summed E-state index contributed by atoms with van der Waals surface area (Å²) in [6, 6.07) is 21.2. The Morgan fingerprint density at radius 2 is 1.83 bits per heavy atom. The van der Waals surface area contributed by atoms with Crippen molar-refractivity contribution in [1.82, 2.24) is 20.2 Å². The molecule has 0 spiro atoms. The predicted molar refractivity (Wildman–Crippen MR) is 109 cm³/mol. The van der Waals surface area contributed by atoms with Crippen LogP contribution in [0.25, 0.3) is 23.4 Å². The summed E-state index contributed by atoms with van der Waals surface area (Å²) in [4.78, 5) is 12.7. The Morgan fingerprint density at radius 1 is 0.966 bits per heavy atom. The molecule has 0 atom stereocenters. The van der Waals surface area contributed by atoms with Crippen molar-refractivity contribution >= 4 is 23.9 Å². The van der Waals surface area contributed by atoms with E-state index in [1.54, 1.807) is 42.6 Å². The van der Waals surface area contributed by atoms with Crippen LogP contribution in [0.3, 0.4) is 0 Å². The van der Waals surface area contributed by atoms with Crippen molar-refractivity contribution in [1.29, 1.82) is 0 Å². The highest BCUT2D eigenvalue weighted by molar-refractivity contribution is 6.05. The number of hydrogen-bond acceptors (Lipinski definition) is 4. The second-order valence-corrected chi connectivity index (χ2v) is 6.25. The minimum absolute atomic E-state index is 0.0130. The fourth-order valence-corrected chi connectivity index (χ4v) is 2.83. The molecule has 142 valence electrons. The van der Waals surface area contributed by atoms with Crippen LogP contribution >= 0.6 is 0 Å². The molecule has 0 fully saturated rings. The summed E-state index contributed by atoms with van der Waals surface area (Å²) in [6.07, 6.45) is 4.94. The number of halogens is 1. The van der Waals surface area contributed by atoms with Gasteiger partial charge in [0.05, 0.1) is 5.56 Å². The van der Waals surface area contributed by atoms with Crippen molar-refractivity contribution in [2.75, 3.05) is 5.32 Å². The number of tetrazole rings is 1. The van der Waals surface area contributed by atoms with Crippen molar-refractivity contribution in [3.8, 4) is 11.1 Å². The third-order valence-corrected chi connectivity index (χ3v) is 4.25. The summed E-state index contributed by atoms with van der Waals surface area (Å²) in [5, 5.41) is 13.6. The van der Waals surface area contributed by atoms with Gasteiger partial charge in [0.1, 0.15) is 12.1 Å². The van der Waals surface area contributed by atoms with E-state index in [4.69, 9.17) is 0 Å². The largest absolute Gasteiger partial charge is 0.322 e. The molecular formula is C22H16FN5O. The van der Waals surface area contributed by atoms with Crippen molar-refractivity contribution in [2.45, 2.75) is 0 Å². The van der Waals surface area contributed by atoms with Gasteiger partial charge in [0.15, 0.2) is 0 Å². The molecule has 1 aromatic heterocycles. The third-order valence-electron chi connectivity index (χ3n) is 4.25. The van der Waals surface area contributed by atoms with Gasteiger partial charge in [0.25, 0.3) is 5.91 Å². The number of amides is 1. The maximum Gasteiger partial charge on any atom is 0.258 e. The Bertz CT molecular complexity index is 1160. The zero-order chi connectivity index (χ0) is 20.1. The normalized spacial score (nSPS) is 10.9. The van der Waals surface area contributed by atoms with Crippen LogP contribution in [0, 0.1) is 5.82 Å². The highest BCUT2D eigenvalue weighted by Gasteiger charge is 2.13. The van der Waals surface area contributed by atoms with Crippen LogP contribution in [0.4, 0.5) is 10.1 Å². The van der Waals surface area contributed by atoms with Gasteiger partial charge in [-0.15, -0.1) is 5.10 Å². The molecule has 6 nitrogen and oxygen atoms in total. The fourth-order valence-electron chi connectivity index (χ4n) is 2.83. The molecule has 4 aromatic rings. The van der Waals surface area contributed by atoms with Crippen LogP contribution in [-0.4, -0.2) is 26.1 Å². The minimum atomic E-state index is -0.572. The number of benzene rings is 3. The number of carbonyl (C=O) groups excluding carboxylic acids is 1. The smallest absolute Gasteiger partial charge is 0.258 e. The van der Waals surface area contributed by atoms with Crippen LogP contribution in [0.5, 0.6) is 0 Å². The van der Waals surface area contributed by atoms with Crippen LogP contribution < -0.4 is 5.32 Å². The van der Waals surface area contributed by atoms with Crippen molar-refractivity contribution in [3.63, 3.8) is 0 Å². The van der Waals surface area contributed by atoms with E-state index in [0.717, 1.165) is 16.7 Å². The van der Waals surface area contributed by atoms with E-state index in [-0.39, 0.29) is 5.56 Å². The summed E-state index contributed by atoms with van der Waals surface area (Å²) < 4.78 is 15.8. The standard InChI is InChI=1S/C22H16FN5O/c23-21-10-9-18(17-6-2-1-3-7-17)14-20(21)22(29)25-19-8-4-5-16(13-19)11-12-28-15-24-26-27-28/h1-15H,(H,25,29). The molecule has 29 heavy (non-hydrogen) atoms. The van der Waals surface area contributed by atoms with Crippen molar-refractivity contribution in [3.05, 3.63) is 96.1 Å². The van der Waals surface area contributed by atoms with Crippen LogP contribution in [0.15, 0.2) is 79.1 Å². The van der Waals surface area contributed by atoms with Gasteiger partial charge in [-0.2, -0.15) is 0 Å². The molecule has 0 saturated heterocycles. The van der Waals surface area contributed by atoms with Crippen molar-refractivity contribution < 1.29 is 9.18 Å². The number of carbonyl (C=O) groups is 1. The van der Waals surface area contributed by atoms with Gasteiger partial charge in [-0.05, 0) is 57.5 Å². The first-order valence-electron chi connectivity index (χ1n) is 8.86. The number of nitrogens with one attached hydrogen (secondary N) is 1. The molecular weight excluding hydrogens is 369 g/mol. The van der Waals surface area contributed by atoms with E-state index in [1.807, 2.05) is 36.4 Å². The summed E-state index contributed by atoms with van der Waals surface area (Å²) in [7, 11) is 0.